The summed E-state index contributed by atoms with van der Waals surface area (Å²) < 4.78 is 2.11. The van der Waals surface area contributed by atoms with Crippen LogP contribution in [0.3, 0.4) is 0 Å². The molecule has 0 aromatic carbocycles. The van der Waals surface area contributed by atoms with Gasteiger partial charge in [-0.25, -0.2) is 9.55 Å². The maximum absolute atomic E-state index is 3.19. The molecule has 1 aromatic heterocycles. The highest BCUT2D eigenvalue weighted by atomic mass is 32.2. The number of nitrogens with zero attached hydrogens (tertiary/aromatic N) is 1. The standard InChI is InChI=1S/C8H14N2S/c1-3-4-7-11-8-9-5-6-10(8)2/h5-6H,3-4,7H2,1-2H3/p+1. The first-order chi connectivity index (χ1) is 5.34. The molecule has 0 saturated heterocycles. The largest absolute Gasteiger partial charge is 0.315 e. The van der Waals surface area contributed by atoms with Crippen LogP contribution in [0.15, 0.2) is 17.6 Å². The van der Waals surface area contributed by atoms with Crippen molar-refractivity contribution in [2.75, 3.05) is 5.75 Å². The van der Waals surface area contributed by atoms with Crippen molar-refractivity contribution in [3.05, 3.63) is 12.4 Å². The van der Waals surface area contributed by atoms with E-state index in [4.69, 9.17) is 0 Å². The van der Waals surface area contributed by atoms with E-state index in [0.29, 0.717) is 0 Å². The summed E-state index contributed by atoms with van der Waals surface area (Å²) in [7, 11) is 2.06. The molecular formula is C8H15N2S+. The third kappa shape index (κ3) is 2.58. The van der Waals surface area contributed by atoms with Crippen molar-refractivity contribution in [3.8, 4) is 0 Å². The fourth-order valence-electron chi connectivity index (χ4n) is 0.847. The van der Waals surface area contributed by atoms with Gasteiger partial charge in [0.15, 0.2) is 0 Å². The minimum atomic E-state index is 1.21. The molecule has 1 N–H and O–H groups in total. The van der Waals surface area contributed by atoms with Gasteiger partial charge < -0.3 is 0 Å². The van der Waals surface area contributed by atoms with Crippen LogP contribution < -0.4 is 4.57 Å². The zero-order valence-electron chi connectivity index (χ0n) is 7.13. The third-order valence-electron chi connectivity index (χ3n) is 1.56. The minimum absolute atomic E-state index is 1.21. The molecule has 0 saturated carbocycles. The molecule has 0 amide bonds. The lowest BCUT2D eigenvalue weighted by Crippen LogP contribution is -2.27. The number of aromatic nitrogens is 2. The lowest BCUT2D eigenvalue weighted by molar-refractivity contribution is -0.708. The first-order valence-electron chi connectivity index (χ1n) is 4.00. The van der Waals surface area contributed by atoms with Gasteiger partial charge >= 0.3 is 5.16 Å². The molecule has 0 aliphatic heterocycles. The second-order valence-electron chi connectivity index (χ2n) is 2.58. The van der Waals surface area contributed by atoms with Gasteiger partial charge in [-0.15, -0.1) is 0 Å². The van der Waals surface area contributed by atoms with Crippen LogP contribution in [0.5, 0.6) is 0 Å². The summed E-state index contributed by atoms with van der Waals surface area (Å²) in [6.45, 7) is 2.22. The molecule has 62 valence electrons. The topological polar surface area (TPSA) is 19.7 Å². The Hall–Kier alpha value is -0.440. The SMILES string of the molecule is CCCCSc1[nH]cc[n+]1C. The molecule has 0 aliphatic carbocycles. The molecule has 0 unspecified atom stereocenters. The van der Waals surface area contributed by atoms with Crippen molar-refractivity contribution in [1.82, 2.24) is 4.98 Å². The first kappa shape index (κ1) is 8.65. The van der Waals surface area contributed by atoms with Crippen molar-refractivity contribution in [2.45, 2.75) is 24.9 Å². The number of rotatable bonds is 4. The molecule has 2 nitrogen and oxygen atoms in total. The highest BCUT2D eigenvalue weighted by Crippen LogP contribution is 2.11. The zero-order valence-corrected chi connectivity index (χ0v) is 7.95. The van der Waals surface area contributed by atoms with Crippen molar-refractivity contribution in [3.63, 3.8) is 0 Å². The normalized spacial score (nSPS) is 10.4. The van der Waals surface area contributed by atoms with Gasteiger partial charge in [-0.2, -0.15) is 0 Å². The fourth-order valence-corrected chi connectivity index (χ4v) is 1.89. The van der Waals surface area contributed by atoms with E-state index in [1.165, 1.54) is 23.8 Å². The van der Waals surface area contributed by atoms with Crippen LogP contribution in [0.2, 0.25) is 0 Å². The van der Waals surface area contributed by atoms with Crippen LogP contribution >= 0.6 is 11.8 Å². The van der Waals surface area contributed by atoms with E-state index in [1.54, 1.807) is 0 Å². The molecule has 1 heterocycles. The molecule has 0 fully saturated rings. The highest BCUT2D eigenvalue weighted by Gasteiger charge is 2.04. The summed E-state index contributed by atoms with van der Waals surface area (Å²) in [5.74, 6) is 1.21. The van der Waals surface area contributed by atoms with Gasteiger partial charge in [0, 0.05) is 5.75 Å². The Labute approximate surface area is 72.0 Å². The predicted octanol–water partition coefficient (Wildman–Crippen LogP) is 1.73. The Morgan fingerprint density at radius 3 is 3.00 bits per heavy atom. The average Bonchev–Trinajstić information content (AvgIpc) is 2.37. The minimum Gasteiger partial charge on any atom is -0.238 e. The van der Waals surface area contributed by atoms with Crippen LogP contribution in [-0.2, 0) is 7.05 Å². The number of imidazole rings is 1. The van der Waals surface area contributed by atoms with E-state index in [2.05, 4.69) is 23.5 Å². The van der Waals surface area contributed by atoms with Crippen LogP contribution in [-0.4, -0.2) is 10.7 Å². The second-order valence-corrected chi connectivity index (χ2v) is 3.66. The summed E-state index contributed by atoms with van der Waals surface area (Å²) >= 11 is 1.89. The number of aryl methyl sites for hydroxylation is 1. The molecule has 0 aliphatic rings. The number of aromatic amines is 1. The monoisotopic (exact) mass is 171 g/mol. The van der Waals surface area contributed by atoms with Crippen LogP contribution in [0, 0.1) is 0 Å². The van der Waals surface area contributed by atoms with Gasteiger partial charge in [0.1, 0.15) is 12.4 Å². The van der Waals surface area contributed by atoms with E-state index in [9.17, 15) is 0 Å². The number of thioether (sulfide) groups is 1. The Bertz CT molecular complexity index is 208. The summed E-state index contributed by atoms with van der Waals surface area (Å²) in [6.07, 6.45) is 6.57. The number of H-pyrrole nitrogens is 1. The van der Waals surface area contributed by atoms with E-state index in [-0.39, 0.29) is 0 Å². The number of hydrogen-bond donors (Lipinski definition) is 1. The fraction of sp³-hybridized carbons (Fsp3) is 0.625. The van der Waals surface area contributed by atoms with Crippen molar-refractivity contribution < 1.29 is 4.57 Å². The molecule has 0 radical (unpaired) electrons. The Morgan fingerprint density at radius 1 is 1.64 bits per heavy atom. The van der Waals surface area contributed by atoms with Crippen molar-refractivity contribution in [2.24, 2.45) is 7.05 Å². The number of hydrogen-bond acceptors (Lipinski definition) is 1. The maximum atomic E-state index is 3.19. The zero-order chi connectivity index (χ0) is 8.10. The van der Waals surface area contributed by atoms with Crippen LogP contribution in [0.4, 0.5) is 0 Å². The molecular weight excluding hydrogens is 156 g/mol. The van der Waals surface area contributed by atoms with Gasteiger partial charge in [-0.3, -0.25) is 0 Å². The predicted molar refractivity (Wildman–Crippen MR) is 47.6 cm³/mol. The summed E-state index contributed by atoms with van der Waals surface area (Å²) in [4.78, 5) is 3.19. The molecule has 0 spiro atoms. The van der Waals surface area contributed by atoms with Gasteiger partial charge in [0.25, 0.3) is 0 Å². The highest BCUT2D eigenvalue weighted by molar-refractivity contribution is 7.99. The lowest BCUT2D eigenvalue weighted by Gasteiger charge is -1.92. The smallest absolute Gasteiger partial charge is 0.238 e. The average molecular weight is 171 g/mol. The Kier molecular flexibility index (Phi) is 3.49. The molecule has 0 atom stereocenters. The maximum Gasteiger partial charge on any atom is 0.315 e. The third-order valence-corrected chi connectivity index (χ3v) is 2.73. The summed E-state index contributed by atoms with van der Waals surface area (Å²) in [5, 5.41) is 1.25. The van der Waals surface area contributed by atoms with E-state index >= 15 is 0 Å². The van der Waals surface area contributed by atoms with Gasteiger partial charge in [-0.05, 0) is 18.2 Å². The van der Waals surface area contributed by atoms with E-state index in [1.807, 2.05) is 24.2 Å². The second kappa shape index (κ2) is 4.44. The molecule has 0 bridgehead atoms. The number of unbranched alkanes of at least 4 members (excludes halogenated alkanes) is 1. The van der Waals surface area contributed by atoms with Gasteiger partial charge in [0.2, 0.25) is 0 Å². The molecule has 11 heavy (non-hydrogen) atoms. The molecule has 1 aromatic rings. The molecule has 3 heteroatoms. The summed E-state index contributed by atoms with van der Waals surface area (Å²) in [5.41, 5.74) is 0. The van der Waals surface area contributed by atoms with E-state index in [0.717, 1.165) is 0 Å². The van der Waals surface area contributed by atoms with Crippen molar-refractivity contribution >= 4 is 11.8 Å². The van der Waals surface area contributed by atoms with Gasteiger partial charge in [0.05, 0.1) is 7.05 Å². The lowest BCUT2D eigenvalue weighted by atomic mass is 10.4. The quantitative estimate of drug-likeness (QED) is 0.415. The number of nitrogens with one attached hydrogen (secondary N) is 1. The van der Waals surface area contributed by atoms with Gasteiger partial charge in [-0.1, -0.05) is 13.3 Å². The van der Waals surface area contributed by atoms with Crippen LogP contribution in [0.25, 0.3) is 0 Å². The van der Waals surface area contributed by atoms with Crippen LogP contribution in [0.1, 0.15) is 19.8 Å². The Balaban J connectivity index is 2.32. The molecule has 1 rings (SSSR count). The van der Waals surface area contributed by atoms with Crippen molar-refractivity contribution in [1.29, 1.82) is 0 Å². The first-order valence-corrected chi connectivity index (χ1v) is 4.99. The van der Waals surface area contributed by atoms with E-state index < -0.39 is 0 Å². The summed E-state index contributed by atoms with van der Waals surface area (Å²) in [6, 6.07) is 0. The Morgan fingerprint density at radius 2 is 2.45 bits per heavy atom.